The van der Waals surface area contributed by atoms with Gasteiger partial charge in [0.2, 0.25) is 0 Å². The van der Waals surface area contributed by atoms with Crippen molar-refractivity contribution < 1.29 is 80.2 Å². The lowest BCUT2D eigenvalue weighted by Gasteiger charge is -2.34. The number of nitrogens with zero attached hydrogens (tertiary/aromatic N) is 12. The number of nitrogens with two attached hydrogens (primary N) is 2. The minimum absolute atomic E-state index is 0.00635. The highest BCUT2D eigenvalue weighted by atomic mass is 35.5. The van der Waals surface area contributed by atoms with Gasteiger partial charge in [-0.2, -0.15) is 21.8 Å². The molecular weight excluding hydrogens is 1970 g/mol. The Morgan fingerprint density at radius 2 is 0.966 bits per heavy atom. The van der Waals surface area contributed by atoms with Crippen molar-refractivity contribution in [3.05, 3.63) is 245 Å². The lowest BCUT2D eigenvalue weighted by molar-refractivity contribution is 0.0971. The van der Waals surface area contributed by atoms with Gasteiger partial charge < -0.3 is 50.2 Å². The molecule has 0 bridgehead atoms. The number of rotatable bonds is 30. The van der Waals surface area contributed by atoms with Crippen molar-refractivity contribution >= 4 is 116 Å². The maximum Gasteiger partial charge on any atom is 0.281 e. The number of halogens is 4. The number of hydrogen-bond acceptors (Lipinski definition) is 29. The van der Waals surface area contributed by atoms with Crippen LogP contribution in [0.25, 0.3) is 22.5 Å². The van der Waals surface area contributed by atoms with Crippen LogP contribution in [0.5, 0.6) is 17.4 Å². The first-order valence-electron chi connectivity index (χ1n) is 48.3. The smallest absolute Gasteiger partial charge is 0.281 e. The number of carbonyl (C=O) groups excluding carboxylic acids is 4. The number of piperidine rings is 1. The van der Waals surface area contributed by atoms with E-state index in [4.69, 9.17) is 47.2 Å². The summed E-state index contributed by atoms with van der Waals surface area (Å²) in [6, 6.07) is 44.6. The fraction of sp³-hybridized carbons (Fsp3) is 0.400. The van der Waals surface area contributed by atoms with Gasteiger partial charge in [0, 0.05) is 115 Å². The highest BCUT2D eigenvalue weighted by Crippen LogP contribution is 2.48. The Morgan fingerprint density at radius 1 is 0.500 bits per heavy atom. The van der Waals surface area contributed by atoms with E-state index in [0.29, 0.717) is 131 Å². The molecule has 0 radical (unpaired) electrons. The van der Waals surface area contributed by atoms with Crippen LogP contribution in [0.3, 0.4) is 0 Å². The number of nitrogens with one attached hydrogen (secondary N) is 4. The Bertz CT molecular complexity index is 7180. The van der Waals surface area contributed by atoms with Crippen LogP contribution < -0.4 is 69.1 Å². The van der Waals surface area contributed by atoms with Crippen molar-refractivity contribution in [1.82, 2.24) is 53.8 Å². The fourth-order valence-electron chi connectivity index (χ4n) is 18.9. The third-order valence-corrected chi connectivity index (χ3v) is 31.2. The van der Waals surface area contributed by atoms with Crippen molar-refractivity contribution in [1.29, 1.82) is 0 Å². The first kappa shape index (κ1) is 108. The van der Waals surface area contributed by atoms with Gasteiger partial charge in [0.1, 0.15) is 69.0 Å². The van der Waals surface area contributed by atoms with Crippen molar-refractivity contribution in [2.24, 2.45) is 41.4 Å². The topological polar surface area (TPSA) is 439 Å². The molecule has 0 spiro atoms. The van der Waals surface area contributed by atoms with Crippen LogP contribution in [0.15, 0.2) is 214 Å². The Morgan fingerprint density at radius 3 is 1.46 bits per heavy atom. The number of aromatic nitrogens is 7. The summed E-state index contributed by atoms with van der Waals surface area (Å²) in [7, 11) is -15.0. The number of carbonyl (C=O) groups is 4. The molecule has 6 atom stereocenters. The van der Waals surface area contributed by atoms with E-state index in [1.807, 2.05) is 99.2 Å². The molecule has 6 aliphatic rings. The van der Waals surface area contributed by atoms with Gasteiger partial charge in [-0.1, -0.05) is 90.4 Å². The molecule has 17 rings (SSSR count). The van der Waals surface area contributed by atoms with Gasteiger partial charge in [-0.3, -0.25) is 24.2 Å². The second-order valence-corrected chi connectivity index (χ2v) is 47.9. The van der Waals surface area contributed by atoms with Crippen molar-refractivity contribution in [2.75, 3.05) is 82.4 Å². The predicted octanol–water partition coefficient (Wildman–Crippen LogP) is 17.3. The Balaban J connectivity index is 0.000000154. The monoisotopic (exact) mass is 2100 g/mol. The summed E-state index contributed by atoms with van der Waals surface area (Å²) < 4.78 is 173. The third-order valence-electron chi connectivity index (χ3n) is 25.8. The number of pyridine rings is 7. The summed E-state index contributed by atoms with van der Waals surface area (Å²) in [6.45, 7) is 32.6. The van der Waals surface area contributed by atoms with Crippen molar-refractivity contribution in [2.45, 2.75) is 203 Å². The molecule has 11 aromatic rings. The zero-order valence-corrected chi connectivity index (χ0v) is 88.1. The average molecular weight is 2100 g/mol. The van der Waals surface area contributed by atoms with Crippen LogP contribution in [0, 0.1) is 58.9 Å². The van der Waals surface area contributed by atoms with E-state index in [9.17, 15) is 61.6 Å². The van der Waals surface area contributed by atoms with Gasteiger partial charge in [0.25, 0.3) is 69.6 Å². The maximum atomic E-state index is 15.0. The quantitative estimate of drug-likeness (QED) is 0.0243. The summed E-state index contributed by atoms with van der Waals surface area (Å²) in [5.41, 5.74) is 14.1. The SMILES string of the molecule is CC(C)COc1cc(F)cc(-c2ccc(C(=O)NS(=O)(=O)c3cccc(N)n3)c(N3CCCC4CC43)n2)c1.CC(C)COc1cc(F)cc(-c2ccc(C(=O)NS(=O)(=O)c3cccnc3)c(N3C[C@@H](C)CC3(C)C)n2)c1.CC1CN(c2nc(OC(C)C3CC3)c(F)cc2C(=O)NS(=O)(=O)c2cccc(N)n2)C(C)(C)C1.CC1CN(c2ncccc2C(=O)NS(=O)(=O)c2cccc(N(C)Cc3cccc(Cl)c3)c2)C(C)(C)C1. The molecule has 8 N–H and O–H groups in total. The summed E-state index contributed by atoms with van der Waals surface area (Å²) >= 11 is 6.09. The molecule has 2 saturated carbocycles. The number of hydrogen-bond donors (Lipinski definition) is 6. The van der Waals surface area contributed by atoms with E-state index >= 15 is 4.39 Å². The van der Waals surface area contributed by atoms with Crippen LogP contribution in [-0.2, 0) is 46.6 Å². The number of benzene rings is 4. The van der Waals surface area contributed by atoms with E-state index in [1.165, 1.54) is 103 Å². The van der Waals surface area contributed by atoms with Crippen LogP contribution in [-0.4, -0.2) is 167 Å². The van der Waals surface area contributed by atoms with E-state index in [2.05, 4.69) is 97.4 Å². The largest absolute Gasteiger partial charge is 0.493 e. The molecule has 4 amide bonds. The summed E-state index contributed by atoms with van der Waals surface area (Å²) in [5, 5.41) is -0.128. The Kier molecular flexibility index (Phi) is 33.1. The number of sulfonamides is 4. The second-order valence-electron chi connectivity index (χ2n) is 40.9. The molecule has 5 unspecified atom stereocenters. The molecule has 7 aromatic heterocycles. The van der Waals surface area contributed by atoms with Gasteiger partial charge in [-0.25, -0.2) is 73.8 Å². The predicted molar refractivity (Wildman–Crippen MR) is 555 cm³/mol. The van der Waals surface area contributed by atoms with Crippen LogP contribution in [0.4, 0.5) is 53.8 Å². The molecule has 146 heavy (non-hydrogen) atoms. The number of fused-ring (bicyclic) bond motifs is 1. The van der Waals surface area contributed by atoms with Gasteiger partial charge in [-0.15, -0.1) is 0 Å². The Labute approximate surface area is 856 Å². The lowest BCUT2D eigenvalue weighted by Crippen LogP contribution is -2.41. The minimum atomic E-state index is -4.35. The number of anilines is 7. The average Bonchev–Trinajstić information content (AvgIpc) is 1.58. The van der Waals surface area contributed by atoms with E-state index in [1.54, 1.807) is 60.8 Å². The van der Waals surface area contributed by atoms with E-state index in [0.717, 1.165) is 69.5 Å². The molecule has 11 heterocycles. The second kappa shape index (κ2) is 44.6. The summed E-state index contributed by atoms with van der Waals surface area (Å²) in [5.74, 6) is -0.647. The molecule has 6 fully saturated rings. The molecule has 4 saturated heterocycles. The molecule has 4 aliphatic heterocycles. The van der Waals surface area contributed by atoms with Gasteiger partial charge >= 0.3 is 0 Å². The first-order chi connectivity index (χ1) is 68.8. The third kappa shape index (κ3) is 26.9. The standard InChI is InChI=1S/C28H33FN4O4S.C27H31ClN4O3S.C27H30FN5O4S.C23H30FN5O4S/c1-18(2)17-37-22-12-20(11-21(29)13-22)25-9-8-24(26(31-25)33-16-19(3)14-28(33,4)5)27(34)32-38(35,36)23-7-6-10-30-15-23;1-19-16-27(2,3)32(17-19)25-24(12-7-13-29-25)26(33)30-36(34,35)23-11-6-10-22(15-23)31(4)18-20-8-5-9-21(28)14-20;1-16(2)15-37-20-12-18(11-19(28)14-20)22-9-8-21(26(30-22)33-10-4-5-17-13-23(17)33)27(34)32-38(35,36)25-7-3-6-24(29)31-25;1-13-11-23(3,4)29(12-13)20-16(10-17(24)22(27-20)33-14(2)15-8-9-15)21(30)28-34(31,32)19-7-5-6-18(25)26-19/h6-13,15,18-19H,14,16-17H2,1-5H3,(H,32,34);5-15,19H,16-18H2,1-4H3,(H,30,33);3,6-9,11-12,14,16-17,23H,4-5,10,13,15H2,1-2H3,(H2,29,31)(H,32,34);5-7,10,13-15H,8-9,11-12H2,1-4H3,(H2,25,26)(H,28,30)/t19-;;;/m0.../s1. The van der Waals surface area contributed by atoms with Crippen LogP contribution >= 0.6 is 11.6 Å². The maximum absolute atomic E-state index is 15.0. The minimum Gasteiger partial charge on any atom is -0.493 e. The Hall–Kier alpha value is -13.3. The van der Waals surface area contributed by atoms with Crippen LogP contribution in [0.2, 0.25) is 5.02 Å². The van der Waals surface area contributed by atoms with Gasteiger partial charge in [0.05, 0.1) is 51.8 Å². The van der Waals surface area contributed by atoms with Crippen molar-refractivity contribution in [3.63, 3.8) is 0 Å². The van der Waals surface area contributed by atoms with Gasteiger partial charge in [-0.05, 0) is 280 Å². The lowest BCUT2D eigenvalue weighted by atomic mass is 9.97. The zero-order chi connectivity index (χ0) is 106. The number of ether oxygens (including phenoxy) is 3. The van der Waals surface area contributed by atoms with Gasteiger partial charge in [0.15, 0.2) is 15.9 Å². The first-order valence-corrected chi connectivity index (χ1v) is 54.6. The fourth-order valence-corrected chi connectivity index (χ4v) is 22.9. The molecule has 33 nitrogen and oxygen atoms in total. The molecule has 776 valence electrons. The summed E-state index contributed by atoms with van der Waals surface area (Å²) in [4.78, 5) is 92.8. The molecule has 41 heteroatoms. The number of amides is 4. The van der Waals surface area contributed by atoms with Crippen LogP contribution in [0.1, 0.15) is 195 Å². The highest BCUT2D eigenvalue weighted by Gasteiger charge is 2.48. The highest BCUT2D eigenvalue weighted by molar-refractivity contribution is 7.91. The molecular formula is C105H124ClF3N18O15S4. The number of nitrogen functional groups attached to an aromatic ring is 2. The van der Waals surface area contributed by atoms with E-state index in [-0.39, 0.29) is 101 Å². The van der Waals surface area contributed by atoms with Crippen molar-refractivity contribution in [3.8, 4) is 39.9 Å². The summed E-state index contributed by atoms with van der Waals surface area (Å²) in [6.07, 6.45) is 11.7. The molecule has 2 aliphatic carbocycles. The molecule has 4 aromatic carbocycles. The zero-order valence-electron chi connectivity index (χ0n) is 84.1. The van der Waals surface area contributed by atoms with E-state index < -0.39 is 86.2 Å². The normalized spacial score (nSPS) is 18.3.